The highest BCUT2D eigenvalue weighted by Gasteiger charge is 2.07. The summed E-state index contributed by atoms with van der Waals surface area (Å²) >= 11 is 0. The minimum absolute atomic E-state index is 0.677. The molecule has 2 heteroatoms. The zero-order chi connectivity index (χ0) is 12.4. The number of aromatic nitrogens is 1. The highest BCUT2D eigenvalue weighted by molar-refractivity contribution is 5.82. The molecular weight excluding hydrogens is 222 g/mol. The maximum atomic E-state index is 5.69. The van der Waals surface area contributed by atoms with Crippen LogP contribution in [0.2, 0.25) is 0 Å². The second kappa shape index (κ2) is 4.57. The first-order chi connectivity index (χ1) is 8.90. The molecule has 0 N–H and O–H groups in total. The molecule has 0 saturated carbocycles. The van der Waals surface area contributed by atoms with Gasteiger partial charge in [-0.1, -0.05) is 30.3 Å². The summed E-state index contributed by atoms with van der Waals surface area (Å²) in [6, 6.07) is 18.6. The van der Waals surface area contributed by atoms with Gasteiger partial charge in [0.1, 0.15) is 5.75 Å². The maximum Gasteiger partial charge on any atom is 0.143 e. The van der Waals surface area contributed by atoms with E-state index in [1.165, 1.54) is 10.9 Å². The van der Waals surface area contributed by atoms with Gasteiger partial charge in [0.05, 0.1) is 17.8 Å². The highest BCUT2D eigenvalue weighted by Crippen LogP contribution is 2.27. The molecule has 0 atom stereocenters. The molecule has 0 amide bonds. The van der Waals surface area contributed by atoms with Gasteiger partial charge in [0.2, 0.25) is 0 Å². The van der Waals surface area contributed by atoms with Crippen LogP contribution in [0.15, 0.2) is 60.8 Å². The predicted octanol–water partition coefficient (Wildman–Crippen LogP) is 4.03. The number of benzene rings is 2. The van der Waals surface area contributed by atoms with E-state index in [1.54, 1.807) is 0 Å². The van der Waals surface area contributed by atoms with Crippen LogP contribution in [0.1, 0.15) is 6.92 Å². The van der Waals surface area contributed by atoms with Crippen LogP contribution in [-0.4, -0.2) is 11.2 Å². The van der Waals surface area contributed by atoms with Crippen molar-refractivity contribution in [1.29, 1.82) is 0 Å². The van der Waals surface area contributed by atoms with Crippen molar-refractivity contribution in [2.24, 2.45) is 0 Å². The molecule has 18 heavy (non-hydrogen) atoms. The predicted molar refractivity (Wildman–Crippen MR) is 74.4 cm³/mol. The van der Waals surface area contributed by atoms with Gasteiger partial charge in [-0.25, -0.2) is 0 Å². The second-order valence-corrected chi connectivity index (χ2v) is 4.15. The average Bonchev–Trinajstić information content (AvgIpc) is 2.84. The fourth-order valence-corrected chi connectivity index (χ4v) is 2.23. The number of fused-ring (bicyclic) bond motifs is 1. The van der Waals surface area contributed by atoms with Crippen molar-refractivity contribution in [3.8, 4) is 11.4 Å². The Labute approximate surface area is 106 Å². The van der Waals surface area contributed by atoms with E-state index in [0.717, 1.165) is 11.4 Å². The van der Waals surface area contributed by atoms with Gasteiger partial charge in [-0.3, -0.25) is 0 Å². The number of ether oxygens (including phenoxy) is 1. The van der Waals surface area contributed by atoms with Crippen molar-refractivity contribution in [3.63, 3.8) is 0 Å². The lowest BCUT2D eigenvalue weighted by molar-refractivity contribution is 0.339. The van der Waals surface area contributed by atoms with Gasteiger partial charge in [0.25, 0.3) is 0 Å². The molecule has 0 saturated heterocycles. The SMILES string of the molecule is CCOc1ccccc1-n1ccc2ccccc21. The molecule has 2 nitrogen and oxygen atoms in total. The normalized spacial score (nSPS) is 10.7. The van der Waals surface area contributed by atoms with Crippen LogP contribution in [-0.2, 0) is 0 Å². The summed E-state index contributed by atoms with van der Waals surface area (Å²) in [4.78, 5) is 0. The van der Waals surface area contributed by atoms with Crippen LogP contribution in [0.5, 0.6) is 5.75 Å². The average molecular weight is 237 g/mol. The number of rotatable bonds is 3. The Balaban J connectivity index is 2.20. The standard InChI is InChI=1S/C16H15NO/c1-2-18-16-10-6-5-9-15(16)17-12-11-13-7-3-4-8-14(13)17/h3-12H,2H2,1H3. The largest absolute Gasteiger partial charge is 0.492 e. The van der Waals surface area contributed by atoms with E-state index < -0.39 is 0 Å². The van der Waals surface area contributed by atoms with Crippen LogP contribution in [0.4, 0.5) is 0 Å². The van der Waals surface area contributed by atoms with Crippen molar-refractivity contribution in [2.75, 3.05) is 6.61 Å². The minimum atomic E-state index is 0.677. The van der Waals surface area contributed by atoms with E-state index in [2.05, 4.69) is 47.2 Å². The smallest absolute Gasteiger partial charge is 0.143 e. The maximum absolute atomic E-state index is 5.69. The second-order valence-electron chi connectivity index (χ2n) is 4.15. The lowest BCUT2D eigenvalue weighted by atomic mass is 10.2. The number of nitrogens with zero attached hydrogens (tertiary/aromatic N) is 1. The number of para-hydroxylation sites is 3. The molecule has 0 spiro atoms. The van der Waals surface area contributed by atoms with Crippen LogP contribution < -0.4 is 4.74 Å². The van der Waals surface area contributed by atoms with Gasteiger partial charge in [-0.2, -0.15) is 0 Å². The Hall–Kier alpha value is -2.22. The summed E-state index contributed by atoms with van der Waals surface area (Å²) < 4.78 is 7.86. The third kappa shape index (κ3) is 1.76. The van der Waals surface area contributed by atoms with Gasteiger partial charge < -0.3 is 9.30 Å². The fraction of sp³-hybridized carbons (Fsp3) is 0.125. The molecule has 1 heterocycles. The summed E-state index contributed by atoms with van der Waals surface area (Å²) in [5.74, 6) is 0.918. The van der Waals surface area contributed by atoms with Gasteiger partial charge in [-0.05, 0) is 36.6 Å². The summed E-state index contributed by atoms with van der Waals surface area (Å²) in [7, 11) is 0. The number of hydrogen-bond acceptors (Lipinski definition) is 1. The highest BCUT2D eigenvalue weighted by atomic mass is 16.5. The fourth-order valence-electron chi connectivity index (χ4n) is 2.23. The van der Waals surface area contributed by atoms with Crippen LogP contribution in [0, 0.1) is 0 Å². The van der Waals surface area contributed by atoms with Crippen LogP contribution >= 0.6 is 0 Å². The summed E-state index contributed by atoms with van der Waals surface area (Å²) in [6.07, 6.45) is 2.09. The third-order valence-electron chi connectivity index (χ3n) is 3.02. The number of hydrogen-bond donors (Lipinski definition) is 0. The molecule has 3 rings (SSSR count). The summed E-state index contributed by atoms with van der Waals surface area (Å²) in [6.45, 7) is 2.68. The summed E-state index contributed by atoms with van der Waals surface area (Å²) in [5, 5.41) is 1.24. The minimum Gasteiger partial charge on any atom is -0.492 e. The van der Waals surface area contributed by atoms with Crippen molar-refractivity contribution >= 4 is 10.9 Å². The topological polar surface area (TPSA) is 14.2 Å². The van der Waals surface area contributed by atoms with Crippen molar-refractivity contribution in [1.82, 2.24) is 4.57 Å². The first-order valence-corrected chi connectivity index (χ1v) is 6.18. The molecular formula is C16H15NO. The molecule has 0 unspecified atom stereocenters. The zero-order valence-electron chi connectivity index (χ0n) is 10.3. The van der Waals surface area contributed by atoms with Crippen molar-refractivity contribution in [2.45, 2.75) is 6.92 Å². The van der Waals surface area contributed by atoms with Gasteiger partial charge in [0.15, 0.2) is 0 Å². The molecule has 0 radical (unpaired) electrons. The monoisotopic (exact) mass is 237 g/mol. The Morgan fingerprint density at radius 1 is 0.944 bits per heavy atom. The molecule has 3 aromatic rings. The Bertz CT molecular complexity index is 669. The third-order valence-corrected chi connectivity index (χ3v) is 3.02. The molecule has 0 aliphatic rings. The quantitative estimate of drug-likeness (QED) is 0.670. The Kier molecular flexibility index (Phi) is 2.77. The Morgan fingerprint density at radius 3 is 2.61 bits per heavy atom. The van der Waals surface area contributed by atoms with E-state index in [-0.39, 0.29) is 0 Å². The molecule has 90 valence electrons. The van der Waals surface area contributed by atoms with E-state index in [1.807, 2.05) is 25.1 Å². The molecule has 0 aliphatic carbocycles. The van der Waals surface area contributed by atoms with E-state index in [9.17, 15) is 0 Å². The first kappa shape index (κ1) is 10.9. The molecule has 0 fully saturated rings. The molecule has 1 aromatic heterocycles. The van der Waals surface area contributed by atoms with Crippen molar-refractivity contribution in [3.05, 3.63) is 60.8 Å². The van der Waals surface area contributed by atoms with Crippen LogP contribution in [0.3, 0.4) is 0 Å². The van der Waals surface area contributed by atoms with Crippen molar-refractivity contribution < 1.29 is 4.74 Å². The first-order valence-electron chi connectivity index (χ1n) is 6.18. The van der Waals surface area contributed by atoms with Gasteiger partial charge in [-0.15, -0.1) is 0 Å². The summed E-state index contributed by atoms with van der Waals surface area (Å²) in [5.41, 5.74) is 2.28. The van der Waals surface area contributed by atoms with Gasteiger partial charge in [0, 0.05) is 6.20 Å². The van der Waals surface area contributed by atoms with Gasteiger partial charge >= 0.3 is 0 Å². The lowest BCUT2D eigenvalue weighted by Crippen LogP contribution is -1.99. The van der Waals surface area contributed by atoms with E-state index >= 15 is 0 Å². The van der Waals surface area contributed by atoms with Crippen LogP contribution in [0.25, 0.3) is 16.6 Å². The molecule has 0 bridgehead atoms. The molecule has 0 aliphatic heterocycles. The zero-order valence-corrected chi connectivity index (χ0v) is 10.3. The lowest BCUT2D eigenvalue weighted by Gasteiger charge is -2.11. The van der Waals surface area contributed by atoms with E-state index in [4.69, 9.17) is 4.74 Å². The molecule has 2 aromatic carbocycles. The Morgan fingerprint density at radius 2 is 1.72 bits per heavy atom. The van der Waals surface area contributed by atoms with E-state index in [0.29, 0.717) is 6.61 Å².